The molecule has 0 aliphatic rings. The van der Waals surface area contributed by atoms with Gasteiger partial charge in [-0.15, -0.1) is 6.58 Å². The fraction of sp³-hybridized carbons (Fsp3) is 0.143. The fourth-order valence-corrected chi connectivity index (χ4v) is 3.54. The van der Waals surface area contributed by atoms with E-state index in [9.17, 15) is 14.4 Å². The minimum absolute atomic E-state index is 0.192. The van der Waals surface area contributed by atoms with Crippen LogP contribution in [0.4, 0.5) is 0 Å². The van der Waals surface area contributed by atoms with Gasteiger partial charge >= 0.3 is 0 Å². The summed E-state index contributed by atoms with van der Waals surface area (Å²) in [4.78, 5) is 41.8. The topological polar surface area (TPSA) is 93.1 Å². The van der Waals surface area contributed by atoms with Crippen LogP contribution in [0, 0.1) is 0 Å². The maximum absolute atomic E-state index is 12.8. The number of fused-ring (bicyclic) bond motifs is 1. The Hall–Kier alpha value is -3.39. The van der Waals surface area contributed by atoms with Gasteiger partial charge in [-0.1, -0.05) is 48.2 Å². The van der Waals surface area contributed by atoms with Crippen molar-refractivity contribution >= 4 is 34.5 Å². The van der Waals surface area contributed by atoms with Gasteiger partial charge in [0.2, 0.25) is 0 Å². The molecule has 0 unspecified atom stereocenters. The number of allylic oxidation sites excluding steroid dienone is 1. The molecule has 148 valence electrons. The van der Waals surface area contributed by atoms with Crippen LogP contribution in [0.1, 0.15) is 17.3 Å². The summed E-state index contributed by atoms with van der Waals surface area (Å²) in [5.74, 6) is -0.824. The summed E-state index contributed by atoms with van der Waals surface area (Å²) < 4.78 is 1.48. The minimum atomic E-state index is -0.602. The van der Waals surface area contributed by atoms with Crippen molar-refractivity contribution in [3.8, 4) is 0 Å². The second-order valence-electron chi connectivity index (χ2n) is 6.19. The zero-order valence-electron chi connectivity index (χ0n) is 15.8. The Morgan fingerprint density at radius 1 is 1.14 bits per heavy atom. The number of nitrogens with one attached hydrogen (secondary N) is 2. The quantitative estimate of drug-likeness (QED) is 0.283. The number of amides is 2. The van der Waals surface area contributed by atoms with Gasteiger partial charge in [0.05, 0.1) is 16.2 Å². The molecule has 0 bridgehead atoms. The molecule has 29 heavy (non-hydrogen) atoms. The van der Waals surface area contributed by atoms with E-state index in [1.165, 1.54) is 4.57 Å². The van der Waals surface area contributed by atoms with Crippen LogP contribution in [0.15, 0.2) is 77.2 Å². The smallest absolute Gasteiger partial charge is 0.269 e. The van der Waals surface area contributed by atoms with Crippen molar-refractivity contribution in [2.45, 2.75) is 23.9 Å². The van der Waals surface area contributed by atoms with Crippen LogP contribution in [0.3, 0.4) is 0 Å². The minimum Gasteiger partial charge on any atom is -0.283 e. The molecule has 0 radical (unpaired) electrons. The van der Waals surface area contributed by atoms with Crippen LogP contribution in [0.25, 0.3) is 10.9 Å². The zero-order chi connectivity index (χ0) is 20.8. The summed E-state index contributed by atoms with van der Waals surface area (Å²) in [6.07, 6.45) is 1.60. The highest BCUT2D eigenvalue weighted by Crippen LogP contribution is 2.22. The van der Waals surface area contributed by atoms with Gasteiger partial charge in [0.15, 0.2) is 5.16 Å². The molecule has 2 N–H and O–H groups in total. The normalized spacial score (nSPS) is 11.6. The summed E-state index contributed by atoms with van der Waals surface area (Å²) in [7, 11) is 0. The molecule has 1 heterocycles. The predicted molar refractivity (Wildman–Crippen MR) is 114 cm³/mol. The van der Waals surface area contributed by atoms with E-state index in [0.29, 0.717) is 21.6 Å². The molecule has 0 aliphatic carbocycles. The lowest BCUT2D eigenvalue weighted by atomic mass is 10.2. The highest BCUT2D eigenvalue weighted by molar-refractivity contribution is 8.00. The Bertz CT molecular complexity index is 1110. The maximum Gasteiger partial charge on any atom is 0.269 e. The lowest BCUT2D eigenvalue weighted by Crippen LogP contribution is -2.45. The molecule has 0 fully saturated rings. The molecule has 0 spiro atoms. The van der Waals surface area contributed by atoms with E-state index in [1.807, 2.05) is 0 Å². The van der Waals surface area contributed by atoms with Crippen LogP contribution >= 0.6 is 11.8 Å². The van der Waals surface area contributed by atoms with E-state index in [-0.39, 0.29) is 12.1 Å². The molecule has 3 rings (SSSR count). The van der Waals surface area contributed by atoms with Crippen molar-refractivity contribution in [1.29, 1.82) is 0 Å². The number of thioether (sulfide) groups is 1. The van der Waals surface area contributed by atoms with Crippen molar-refractivity contribution in [2.75, 3.05) is 0 Å². The monoisotopic (exact) mass is 408 g/mol. The molecule has 7 nitrogen and oxygen atoms in total. The number of hydrogen-bond donors (Lipinski definition) is 2. The molecule has 0 aliphatic heterocycles. The number of carbonyl (C=O) groups excluding carboxylic acids is 2. The number of benzene rings is 2. The zero-order valence-corrected chi connectivity index (χ0v) is 16.6. The summed E-state index contributed by atoms with van der Waals surface area (Å²) in [5.41, 5.74) is 5.60. The van der Waals surface area contributed by atoms with Crippen molar-refractivity contribution in [1.82, 2.24) is 20.4 Å². The number of para-hydroxylation sites is 1. The molecule has 2 aromatic carbocycles. The highest BCUT2D eigenvalue weighted by Gasteiger charge is 2.19. The standard InChI is InChI=1S/C21H20N4O3S/c1-3-13-25-20(28)16-11-7-8-12-17(16)22-21(25)29-14(2)18(26)23-24-19(27)15-9-5-4-6-10-15/h3-12,14H,1,13H2,2H3,(H,23,26)(H,24,27)/t14-/m0/s1. The fourth-order valence-electron chi connectivity index (χ4n) is 2.62. The first kappa shape index (κ1) is 20.3. The second kappa shape index (κ2) is 9.20. The summed E-state index contributed by atoms with van der Waals surface area (Å²) in [6, 6.07) is 15.6. The largest absolute Gasteiger partial charge is 0.283 e. The molecule has 1 atom stereocenters. The number of carbonyl (C=O) groups is 2. The average Bonchev–Trinajstić information content (AvgIpc) is 2.75. The molecular weight excluding hydrogens is 388 g/mol. The van der Waals surface area contributed by atoms with Crippen LogP contribution in [-0.2, 0) is 11.3 Å². The number of hydrogen-bond acceptors (Lipinski definition) is 5. The molecular formula is C21H20N4O3S. The van der Waals surface area contributed by atoms with Gasteiger partial charge in [0, 0.05) is 12.1 Å². The Morgan fingerprint density at radius 3 is 2.55 bits per heavy atom. The second-order valence-corrected chi connectivity index (χ2v) is 7.49. The Kier molecular flexibility index (Phi) is 6.46. The SMILES string of the molecule is C=CCn1c(S[C@@H](C)C(=O)NNC(=O)c2ccccc2)nc2ccccc2c1=O. The van der Waals surface area contributed by atoms with Gasteiger partial charge in [-0.05, 0) is 31.2 Å². The van der Waals surface area contributed by atoms with Gasteiger partial charge in [-0.25, -0.2) is 4.98 Å². The number of hydrazine groups is 1. The van der Waals surface area contributed by atoms with Gasteiger partial charge in [-0.3, -0.25) is 29.8 Å². The average molecular weight is 408 g/mol. The third kappa shape index (κ3) is 4.72. The molecule has 3 aromatic rings. The van der Waals surface area contributed by atoms with E-state index in [1.54, 1.807) is 67.6 Å². The first-order valence-corrected chi connectivity index (χ1v) is 9.81. The molecule has 2 amide bonds. The van der Waals surface area contributed by atoms with Crippen molar-refractivity contribution < 1.29 is 9.59 Å². The van der Waals surface area contributed by atoms with E-state index in [4.69, 9.17) is 0 Å². The first-order chi connectivity index (χ1) is 14.0. The first-order valence-electron chi connectivity index (χ1n) is 8.93. The van der Waals surface area contributed by atoms with Crippen LogP contribution in [0.2, 0.25) is 0 Å². The Balaban J connectivity index is 1.74. The summed E-state index contributed by atoms with van der Waals surface area (Å²) >= 11 is 1.14. The number of rotatable bonds is 6. The lowest BCUT2D eigenvalue weighted by Gasteiger charge is -2.15. The van der Waals surface area contributed by atoms with E-state index >= 15 is 0 Å². The number of nitrogens with zero attached hydrogens (tertiary/aromatic N) is 2. The molecule has 0 saturated carbocycles. The van der Waals surface area contributed by atoms with Gasteiger partial charge < -0.3 is 0 Å². The Morgan fingerprint density at radius 2 is 1.83 bits per heavy atom. The molecule has 0 saturated heterocycles. The van der Waals surface area contributed by atoms with Crippen LogP contribution in [-0.4, -0.2) is 26.6 Å². The van der Waals surface area contributed by atoms with E-state index in [0.717, 1.165) is 11.8 Å². The van der Waals surface area contributed by atoms with Gasteiger partial charge in [0.25, 0.3) is 17.4 Å². The predicted octanol–water partition coefficient (Wildman–Crippen LogP) is 2.52. The third-order valence-electron chi connectivity index (χ3n) is 4.12. The lowest BCUT2D eigenvalue weighted by molar-refractivity contribution is -0.121. The van der Waals surface area contributed by atoms with Gasteiger partial charge in [-0.2, -0.15) is 0 Å². The van der Waals surface area contributed by atoms with Crippen molar-refractivity contribution in [3.63, 3.8) is 0 Å². The van der Waals surface area contributed by atoms with Crippen molar-refractivity contribution in [2.24, 2.45) is 0 Å². The molecule has 8 heteroatoms. The maximum atomic E-state index is 12.8. The van der Waals surface area contributed by atoms with Crippen LogP contribution in [0.5, 0.6) is 0 Å². The van der Waals surface area contributed by atoms with E-state index < -0.39 is 17.1 Å². The van der Waals surface area contributed by atoms with Gasteiger partial charge in [0.1, 0.15) is 0 Å². The summed E-state index contributed by atoms with van der Waals surface area (Å²) in [6.45, 7) is 5.64. The third-order valence-corrected chi connectivity index (χ3v) is 5.22. The summed E-state index contributed by atoms with van der Waals surface area (Å²) in [5, 5.41) is 0.312. The molecule has 1 aromatic heterocycles. The Labute approximate surface area is 171 Å². The van der Waals surface area contributed by atoms with E-state index in [2.05, 4.69) is 22.4 Å². The van der Waals surface area contributed by atoms with Crippen molar-refractivity contribution in [3.05, 3.63) is 83.2 Å². The highest BCUT2D eigenvalue weighted by atomic mass is 32.2. The number of aromatic nitrogens is 2. The van der Waals surface area contributed by atoms with Crippen LogP contribution < -0.4 is 16.4 Å².